The van der Waals surface area contributed by atoms with Crippen molar-refractivity contribution in [3.8, 4) is 11.5 Å². The van der Waals surface area contributed by atoms with Crippen molar-refractivity contribution in [2.45, 2.75) is 19.6 Å². The van der Waals surface area contributed by atoms with Crippen molar-refractivity contribution < 1.29 is 18.3 Å². The Morgan fingerprint density at radius 3 is 2.88 bits per heavy atom. The molecule has 3 rings (SSSR count). The molecule has 0 unspecified atom stereocenters. The van der Waals surface area contributed by atoms with Gasteiger partial charge in [-0.2, -0.15) is 8.78 Å². The lowest BCUT2D eigenvalue weighted by Crippen LogP contribution is -2.18. The molecule has 0 spiro atoms. The van der Waals surface area contributed by atoms with E-state index in [-0.39, 0.29) is 16.5 Å². The van der Waals surface area contributed by atoms with Crippen LogP contribution >= 0.6 is 11.6 Å². The zero-order chi connectivity index (χ0) is 18.5. The minimum absolute atomic E-state index is 0.0740. The van der Waals surface area contributed by atoms with E-state index >= 15 is 0 Å². The van der Waals surface area contributed by atoms with Gasteiger partial charge in [-0.15, -0.1) is 10.2 Å². The largest absolute Gasteiger partial charge is 0.493 e. The highest BCUT2D eigenvalue weighted by atomic mass is 35.5. The second kappa shape index (κ2) is 8.29. The first kappa shape index (κ1) is 18.3. The highest BCUT2D eigenvalue weighted by Crippen LogP contribution is 2.37. The van der Waals surface area contributed by atoms with Gasteiger partial charge in [0.1, 0.15) is 5.82 Å². The molecule has 0 atom stereocenters. The Labute approximate surface area is 153 Å². The molecule has 6 nitrogen and oxygen atoms in total. The summed E-state index contributed by atoms with van der Waals surface area (Å²) >= 11 is 6.03. The minimum atomic E-state index is -2.97. The summed E-state index contributed by atoms with van der Waals surface area (Å²) in [5.41, 5.74) is 1.59. The maximum absolute atomic E-state index is 12.4. The number of fused-ring (bicyclic) bond motifs is 1. The first-order valence-electron chi connectivity index (χ1n) is 7.89. The maximum Gasteiger partial charge on any atom is 0.387 e. The quantitative estimate of drug-likeness (QED) is 0.605. The molecule has 0 amide bonds. The Kier molecular flexibility index (Phi) is 5.85. The monoisotopic (exact) mass is 382 g/mol. The third kappa shape index (κ3) is 4.20. The van der Waals surface area contributed by atoms with Gasteiger partial charge in [0, 0.05) is 25.7 Å². The predicted molar refractivity (Wildman–Crippen MR) is 93.0 cm³/mol. The van der Waals surface area contributed by atoms with Crippen LogP contribution in [0.2, 0.25) is 5.02 Å². The second-order valence-electron chi connectivity index (χ2n) is 5.46. The van der Waals surface area contributed by atoms with Crippen molar-refractivity contribution in [2.24, 2.45) is 0 Å². The van der Waals surface area contributed by atoms with E-state index in [4.69, 9.17) is 16.3 Å². The summed E-state index contributed by atoms with van der Waals surface area (Å²) in [5, 5.41) is 11.6. The number of aromatic nitrogens is 3. The summed E-state index contributed by atoms with van der Waals surface area (Å²) in [4.78, 5) is 0. The van der Waals surface area contributed by atoms with Gasteiger partial charge < -0.3 is 14.8 Å². The lowest BCUT2D eigenvalue weighted by atomic mass is 10.2. The van der Waals surface area contributed by atoms with Crippen LogP contribution in [-0.4, -0.2) is 34.9 Å². The Morgan fingerprint density at radius 1 is 1.27 bits per heavy atom. The fourth-order valence-electron chi connectivity index (χ4n) is 2.57. The van der Waals surface area contributed by atoms with Crippen molar-refractivity contribution in [1.82, 2.24) is 19.9 Å². The van der Waals surface area contributed by atoms with Crippen LogP contribution in [-0.2, 0) is 13.0 Å². The van der Waals surface area contributed by atoms with Crippen LogP contribution in [0, 0.1) is 0 Å². The summed E-state index contributed by atoms with van der Waals surface area (Å²) in [6, 6.07) is 8.90. The molecule has 1 aromatic carbocycles. The molecule has 1 N–H and O–H groups in total. The van der Waals surface area contributed by atoms with Gasteiger partial charge in [-0.3, -0.25) is 4.40 Å². The molecule has 2 aromatic heterocycles. The molecule has 0 aliphatic carbocycles. The SMILES string of the molecule is COc1cc(CNCCc2nnc3ccccn23)cc(Cl)c1OC(F)F. The molecular formula is C17H17ClF2N4O2. The number of rotatable bonds is 8. The predicted octanol–water partition coefficient (Wildman–Crippen LogP) is 3.33. The molecule has 0 aliphatic heterocycles. The fraction of sp³-hybridized carbons (Fsp3) is 0.294. The number of alkyl halides is 2. The Hall–Kier alpha value is -2.45. The molecule has 3 aromatic rings. The summed E-state index contributed by atoms with van der Waals surface area (Å²) < 4.78 is 36.3. The van der Waals surface area contributed by atoms with E-state index in [1.807, 2.05) is 28.8 Å². The van der Waals surface area contributed by atoms with Gasteiger partial charge in [-0.1, -0.05) is 17.7 Å². The molecule has 2 heterocycles. The van der Waals surface area contributed by atoms with Crippen LogP contribution in [0.4, 0.5) is 8.78 Å². The standard InChI is InChI=1S/C17H17ClF2N4O2/c1-25-13-9-11(8-12(18)16(13)26-17(19)20)10-21-6-5-15-23-22-14-4-2-3-7-24(14)15/h2-4,7-9,17,21H,5-6,10H2,1H3. The normalized spacial score (nSPS) is 11.3. The van der Waals surface area contributed by atoms with Crippen molar-refractivity contribution in [2.75, 3.05) is 13.7 Å². The molecule has 9 heteroatoms. The first-order valence-corrected chi connectivity index (χ1v) is 8.27. The fourth-order valence-corrected chi connectivity index (χ4v) is 2.85. The van der Waals surface area contributed by atoms with Crippen LogP contribution in [0.5, 0.6) is 11.5 Å². The van der Waals surface area contributed by atoms with E-state index in [0.717, 1.165) is 17.0 Å². The number of pyridine rings is 1. The van der Waals surface area contributed by atoms with Crippen molar-refractivity contribution in [3.05, 3.63) is 52.9 Å². The maximum atomic E-state index is 12.4. The average Bonchev–Trinajstić information content (AvgIpc) is 3.03. The van der Waals surface area contributed by atoms with Crippen LogP contribution < -0.4 is 14.8 Å². The van der Waals surface area contributed by atoms with E-state index in [1.165, 1.54) is 7.11 Å². The van der Waals surface area contributed by atoms with Crippen LogP contribution in [0.15, 0.2) is 36.5 Å². The number of nitrogens with one attached hydrogen (secondary N) is 1. The first-order chi connectivity index (χ1) is 12.6. The molecule has 0 saturated heterocycles. The van der Waals surface area contributed by atoms with E-state index in [0.29, 0.717) is 19.5 Å². The third-order valence-electron chi connectivity index (χ3n) is 3.74. The average molecular weight is 383 g/mol. The highest BCUT2D eigenvalue weighted by Gasteiger charge is 2.16. The number of benzene rings is 1. The Bertz CT molecular complexity index is 888. The molecule has 0 saturated carbocycles. The van der Waals surface area contributed by atoms with E-state index in [9.17, 15) is 8.78 Å². The molecular weight excluding hydrogens is 366 g/mol. The minimum Gasteiger partial charge on any atom is -0.493 e. The summed E-state index contributed by atoms with van der Waals surface area (Å²) in [6.07, 6.45) is 2.60. The van der Waals surface area contributed by atoms with E-state index < -0.39 is 6.61 Å². The van der Waals surface area contributed by atoms with Gasteiger partial charge in [-0.05, 0) is 29.8 Å². The van der Waals surface area contributed by atoms with Gasteiger partial charge >= 0.3 is 6.61 Å². The van der Waals surface area contributed by atoms with E-state index in [1.54, 1.807) is 12.1 Å². The number of ether oxygens (including phenoxy) is 2. The zero-order valence-corrected chi connectivity index (χ0v) is 14.7. The number of nitrogens with zero attached hydrogens (tertiary/aromatic N) is 3. The number of halogens is 3. The number of hydrogen-bond acceptors (Lipinski definition) is 5. The van der Waals surface area contributed by atoms with Gasteiger partial charge in [0.05, 0.1) is 12.1 Å². The molecule has 0 aliphatic rings. The van der Waals surface area contributed by atoms with Crippen LogP contribution in [0.1, 0.15) is 11.4 Å². The summed E-state index contributed by atoms with van der Waals surface area (Å²) in [5.74, 6) is 0.852. The number of hydrogen-bond donors (Lipinski definition) is 1. The number of methoxy groups -OCH3 is 1. The lowest BCUT2D eigenvalue weighted by molar-refractivity contribution is -0.0511. The van der Waals surface area contributed by atoms with Gasteiger partial charge in [-0.25, -0.2) is 0 Å². The van der Waals surface area contributed by atoms with Gasteiger partial charge in [0.2, 0.25) is 0 Å². The van der Waals surface area contributed by atoms with Crippen LogP contribution in [0.25, 0.3) is 5.65 Å². The highest BCUT2D eigenvalue weighted by molar-refractivity contribution is 6.32. The lowest BCUT2D eigenvalue weighted by Gasteiger charge is -2.13. The topological polar surface area (TPSA) is 60.7 Å². The second-order valence-corrected chi connectivity index (χ2v) is 5.87. The molecule has 0 radical (unpaired) electrons. The third-order valence-corrected chi connectivity index (χ3v) is 4.02. The molecule has 26 heavy (non-hydrogen) atoms. The van der Waals surface area contributed by atoms with E-state index in [2.05, 4.69) is 20.3 Å². The molecule has 138 valence electrons. The molecule has 0 bridgehead atoms. The van der Waals surface area contributed by atoms with Gasteiger partial charge in [0.25, 0.3) is 0 Å². The zero-order valence-electron chi connectivity index (χ0n) is 14.0. The summed E-state index contributed by atoms with van der Waals surface area (Å²) in [7, 11) is 1.37. The smallest absolute Gasteiger partial charge is 0.387 e. The van der Waals surface area contributed by atoms with Crippen LogP contribution in [0.3, 0.4) is 0 Å². The summed E-state index contributed by atoms with van der Waals surface area (Å²) in [6.45, 7) is -1.82. The Morgan fingerprint density at radius 2 is 2.12 bits per heavy atom. The Balaban J connectivity index is 1.60. The van der Waals surface area contributed by atoms with Crippen molar-refractivity contribution >= 4 is 17.2 Å². The molecule has 0 fully saturated rings. The van der Waals surface area contributed by atoms with Crippen molar-refractivity contribution in [1.29, 1.82) is 0 Å². The van der Waals surface area contributed by atoms with Crippen molar-refractivity contribution in [3.63, 3.8) is 0 Å². The van der Waals surface area contributed by atoms with Gasteiger partial charge in [0.15, 0.2) is 17.1 Å².